The summed E-state index contributed by atoms with van der Waals surface area (Å²) in [5.74, 6) is -0.415. The minimum atomic E-state index is -0.820. The number of ether oxygens (including phenoxy) is 1. The predicted molar refractivity (Wildman–Crippen MR) is 82.9 cm³/mol. The first-order valence-corrected chi connectivity index (χ1v) is 7.43. The minimum Gasteiger partial charge on any atom is -0.481 e. The number of hydrogen-bond donors (Lipinski definition) is 1. The van der Waals surface area contributed by atoms with Crippen LogP contribution in [-0.4, -0.2) is 41.8 Å². The third-order valence-corrected chi connectivity index (χ3v) is 3.88. The Morgan fingerprint density at radius 3 is 2.45 bits per heavy atom. The molecule has 0 unspecified atom stereocenters. The van der Waals surface area contributed by atoms with Gasteiger partial charge in [0.15, 0.2) is 0 Å². The van der Waals surface area contributed by atoms with Gasteiger partial charge >= 0.3 is 12.1 Å². The monoisotopic (exact) mass is 303 g/mol. The van der Waals surface area contributed by atoms with Crippen LogP contribution in [0.15, 0.2) is 36.9 Å². The van der Waals surface area contributed by atoms with Crippen molar-refractivity contribution in [1.29, 1.82) is 0 Å². The molecule has 22 heavy (non-hydrogen) atoms. The average Bonchev–Trinajstić information content (AvgIpc) is 2.53. The zero-order chi connectivity index (χ0) is 15.9. The van der Waals surface area contributed by atoms with Gasteiger partial charge in [-0.25, -0.2) is 4.79 Å². The maximum absolute atomic E-state index is 11.7. The van der Waals surface area contributed by atoms with Crippen LogP contribution in [0.25, 0.3) is 0 Å². The molecule has 2 rings (SSSR count). The van der Waals surface area contributed by atoms with Crippen LogP contribution in [0.4, 0.5) is 4.79 Å². The highest BCUT2D eigenvalue weighted by Gasteiger charge is 2.24. The predicted octanol–water partition coefficient (Wildman–Crippen LogP) is 2.82. The van der Waals surface area contributed by atoms with Gasteiger partial charge in [-0.15, -0.1) is 0 Å². The summed E-state index contributed by atoms with van der Waals surface area (Å²) in [7, 11) is 0. The molecular weight excluding hydrogens is 282 g/mol. The van der Waals surface area contributed by atoms with E-state index in [2.05, 4.69) is 6.58 Å². The quantitative estimate of drug-likeness (QED) is 0.849. The number of rotatable bonds is 5. The molecule has 1 N–H and O–H groups in total. The van der Waals surface area contributed by atoms with Gasteiger partial charge in [-0.1, -0.05) is 36.9 Å². The largest absolute Gasteiger partial charge is 0.481 e. The van der Waals surface area contributed by atoms with E-state index in [9.17, 15) is 9.59 Å². The van der Waals surface area contributed by atoms with Gasteiger partial charge in [-0.3, -0.25) is 4.79 Å². The van der Waals surface area contributed by atoms with Crippen molar-refractivity contribution < 1.29 is 19.4 Å². The second-order valence-electron chi connectivity index (χ2n) is 5.44. The Bertz CT molecular complexity index is 530. The Labute approximate surface area is 130 Å². The van der Waals surface area contributed by atoms with E-state index < -0.39 is 5.97 Å². The van der Waals surface area contributed by atoms with Crippen LogP contribution in [0.3, 0.4) is 0 Å². The molecule has 1 aliphatic heterocycles. The number of amides is 1. The first-order valence-electron chi connectivity index (χ1n) is 7.43. The lowest BCUT2D eigenvalue weighted by Crippen LogP contribution is -2.38. The Kier molecular flexibility index (Phi) is 5.58. The molecule has 0 radical (unpaired) electrons. The number of piperidine rings is 1. The van der Waals surface area contributed by atoms with Crippen molar-refractivity contribution in [2.45, 2.75) is 25.2 Å². The smallest absolute Gasteiger partial charge is 0.410 e. The standard InChI is InChI=1S/C17H21NO4/c1-2-11-22-17(21)18-9-7-15(8-10-18)14-5-3-13(4-6-14)12-16(19)20/h2-6,15H,1,7-12H2,(H,19,20). The molecule has 0 atom stereocenters. The Morgan fingerprint density at radius 2 is 1.91 bits per heavy atom. The van der Waals surface area contributed by atoms with E-state index in [0.29, 0.717) is 19.0 Å². The average molecular weight is 303 g/mol. The fourth-order valence-corrected chi connectivity index (χ4v) is 2.70. The van der Waals surface area contributed by atoms with Crippen molar-refractivity contribution in [1.82, 2.24) is 4.90 Å². The first-order chi connectivity index (χ1) is 10.6. The highest BCUT2D eigenvalue weighted by atomic mass is 16.6. The van der Waals surface area contributed by atoms with Crippen molar-refractivity contribution in [3.63, 3.8) is 0 Å². The van der Waals surface area contributed by atoms with Crippen LogP contribution in [0.2, 0.25) is 0 Å². The summed E-state index contributed by atoms with van der Waals surface area (Å²) in [4.78, 5) is 24.1. The normalized spacial score (nSPS) is 15.4. The fraction of sp³-hybridized carbons (Fsp3) is 0.412. The molecule has 1 amide bonds. The van der Waals surface area contributed by atoms with Crippen LogP contribution >= 0.6 is 0 Å². The molecular formula is C17H21NO4. The lowest BCUT2D eigenvalue weighted by atomic mass is 9.89. The summed E-state index contributed by atoms with van der Waals surface area (Å²) >= 11 is 0. The number of benzene rings is 1. The first kappa shape index (κ1) is 16.1. The Hall–Kier alpha value is -2.30. The Balaban J connectivity index is 1.87. The summed E-state index contributed by atoms with van der Waals surface area (Å²) in [6.07, 6.45) is 3.11. The zero-order valence-electron chi connectivity index (χ0n) is 12.5. The molecule has 0 saturated carbocycles. The van der Waals surface area contributed by atoms with E-state index in [0.717, 1.165) is 18.4 Å². The van der Waals surface area contributed by atoms with Gasteiger partial charge in [0.05, 0.1) is 6.42 Å². The van der Waals surface area contributed by atoms with Crippen LogP contribution < -0.4 is 0 Å². The SMILES string of the molecule is C=CCOC(=O)N1CCC(c2ccc(CC(=O)O)cc2)CC1. The maximum atomic E-state index is 11.7. The molecule has 1 aromatic rings. The number of likely N-dealkylation sites (tertiary alicyclic amines) is 1. The molecule has 1 saturated heterocycles. The second-order valence-corrected chi connectivity index (χ2v) is 5.44. The molecule has 118 valence electrons. The van der Waals surface area contributed by atoms with Gasteiger partial charge in [-0.05, 0) is 29.9 Å². The van der Waals surface area contributed by atoms with Crippen LogP contribution in [0, 0.1) is 0 Å². The van der Waals surface area contributed by atoms with Crippen molar-refractivity contribution in [2.24, 2.45) is 0 Å². The van der Waals surface area contributed by atoms with E-state index in [1.54, 1.807) is 11.0 Å². The lowest BCUT2D eigenvalue weighted by molar-refractivity contribution is -0.136. The van der Waals surface area contributed by atoms with Crippen molar-refractivity contribution in [3.05, 3.63) is 48.0 Å². The molecule has 0 aromatic heterocycles. The summed E-state index contributed by atoms with van der Waals surface area (Å²) in [5, 5.41) is 8.77. The van der Waals surface area contributed by atoms with Gasteiger partial charge < -0.3 is 14.7 Å². The molecule has 0 bridgehead atoms. The number of nitrogens with zero attached hydrogens (tertiary/aromatic N) is 1. The topological polar surface area (TPSA) is 66.8 Å². The minimum absolute atomic E-state index is 0.0495. The number of carboxylic acids is 1. The highest BCUT2D eigenvalue weighted by Crippen LogP contribution is 2.28. The summed E-state index contributed by atoms with van der Waals surface area (Å²) < 4.78 is 5.04. The molecule has 0 spiro atoms. The van der Waals surface area contributed by atoms with Gasteiger partial charge in [0.1, 0.15) is 6.61 Å². The van der Waals surface area contributed by atoms with E-state index in [4.69, 9.17) is 9.84 Å². The molecule has 5 heteroatoms. The summed E-state index contributed by atoms with van der Waals surface area (Å²) in [5.41, 5.74) is 2.01. The maximum Gasteiger partial charge on any atom is 0.410 e. The molecule has 1 fully saturated rings. The molecule has 0 aliphatic carbocycles. The molecule has 1 aliphatic rings. The number of hydrogen-bond acceptors (Lipinski definition) is 3. The number of aliphatic carboxylic acids is 1. The third kappa shape index (κ3) is 4.35. The number of carbonyl (C=O) groups excluding carboxylic acids is 1. The number of carboxylic acid groups (broad SMARTS) is 1. The van der Waals surface area contributed by atoms with Crippen molar-refractivity contribution >= 4 is 12.1 Å². The van der Waals surface area contributed by atoms with Gasteiger partial charge in [-0.2, -0.15) is 0 Å². The lowest BCUT2D eigenvalue weighted by Gasteiger charge is -2.31. The van der Waals surface area contributed by atoms with E-state index in [-0.39, 0.29) is 19.1 Å². The third-order valence-electron chi connectivity index (χ3n) is 3.88. The molecule has 5 nitrogen and oxygen atoms in total. The van der Waals surface area contributed by atoms with Gasteiger partial charge in [0, 0.05) is 13.1 Å². The zero-order valence-corrected chi connectivity index (χ0v) is 12.5. The fourth-order valence-electron chi connectivity index (χ4n) is 2.70. The van der Waals surface area contributed by atoms with E-state index in [1.807, 2.05) is 24.3 Å². The van der Waals surface area contributed by atoms with Crippen LogP contribution in [0.1, 0.15) is 29.9 Å². The summed E-state index contributed by atoms with van der Waals surface area (Å²) in [6, 6.07) is 7.73. The van der Waals surface area contributed by atoms with Crippen molar-refractivity contribution in [2.75, 3.05) is 19.7 Å². The number of carbonyl (C=O) groups is 2. The van der Waals surface area contributed by atoms with E-state index >= 15 is 0 Å². The highest BCUT2D eigenvalue weighted by molar-refractivity contribution is 5.70. The van der Waals surface area contributed by atoms with Gasteiger partial charge in [0.2, 0.25) is 0 Å². The molecule has 1 heterocycles. The molecule has 1 aromatic carbocycles. The van der Waals surface area contributed by atoms with E-state index in [1.165, 1.54) is 5.56 Å². The second kappa shape index (κ2) is 7.64. The Morgan fingerprint density at radius 1 is 1.27 bits per heavy atom. The van der Waals surface area contributed by atoms with Crippen LogP contribution in [0.5, 0.6) is 0 Å². The summed E-state index contributed by atoms with van der Waals surface area (Å²) in [6.45, 7) is 5.12. The van der Waals surface area contributed by atoms with Gasteiger partial charge in [0.25, 0.3) is 0 Å². The van der Waals surface area contributed by atoms with Crippen molar-refractivity contribution in [3.8, 4) is 0 Å². The van der Waals surface area contributed by atoms with Crippen LogP contribution in [-0.2, 0) is 16.0 Å².